The number of esters is 1. The summed E-state index contributed by atoms with van der Waals surface area (Å²) in [6, 6.07) is 37.3. The second-order valence-corrected chi connectivity index (χ2v) is 14.5. The van der Waals surface area contributed by atoms with E-state index in [1.54, 1.807) is 25.6 Å². The summed E-state index contributed by atoms with van der Waals surface area (Å²) in [6.07, 6.45) is 1.41. The minimum absolute atomic E-state index is 0.163. The van der Waals surface area contributed by atoms with Gasteiger partial charge >= 0.3 is 13.6 Å². The number of hydrogen-bond acceptors (Lipinski definition) is 11. The van der Waals surface area contributed by atoms with Crippen LogP contribution in [-0.4, -0.2) is 66.2 Å². The van der Waals surface area contributed by atoms with Crippen LogP contribution in [0.4, 0.5) is 5.82 Å². The van der Waals surface area contributed by atoms with Crippen LogP contribution in [0.25, 0.3) is 11.2 Å². The molecule has 6 rings (SSSR count). The number of carbonyl (C=O) groups excluding carboxylic acids is 1. The summed E-state index contributed by atoms with van der Waals surface area (Å²) in [4.78, 5) is 27.5. The predicted octanol–water partition coefficient (Wildman–Crippen LogP) is 7.41. The summed E-state index contributed by atoms with van der Waals surface area (Å²) in [5, 5.41) is 3.79. The molecule has 0 saturated heterocycles. The summed E-state index contributed by atoms with van der Waals surface area (Å²) in [6.45, 7) is 0.308. The maximum atomic E-state index is 13.4. The number of aryl methyl sites for hydroxylation is 1. The number of hydrogen-bond donors (Lipinski definition) is 1. The van der Waals surface area contributed by atoms with E-state index in [1.165, 1.54) is 27.7 Å². The standard InChI is InChI=1S/C40H42N5O7P/c1-48-33-22-20-32(21-23-33)40(30-16-10-6-11-17-30,31-18-12-7-13-19-31)44-37-35-38(42-27-41-37)45(28-43-35)25-24-34(26-53(47,50-3)51-4)52-39(46)36(49-2)29-14-8-5-9-15-29/h5-23,27-28,34,36H,24-26H2,1-4H3,(H,41,42,44)/t34-,36-/m0/s1. The molecule has 6 aromatic rings. The lowest BCUT2D eigenvalue weighted by molar-refractivity contribution is -0.161. The molecule has 1 N–H and O–H groups in total. The van der Waals surface area contributed by atoms with Crippen LogP contribution >= 0.6 is 7.60 Å². The highest BCUT2D eigenvalue weighted by molar-refractivity contribution is 7.53. The molecule has 13 heteroatoms. The SMILES string of the molecule is COc1ccc(C(Nc2ncnc3c2ncn3CC[C@@H](CP(=O)(OC)OC)OC(=O)[C@@H](OC)c2ccccc2)(c2ccccc2)c2ccccc2)cc1. The fourth-order valence-electron chi connectivity index (χ4n) is 6.41. The number of nitrogens with one attached hydrogen (secondary N) is 1. The zero-order valence-electron chi connectivity index (χ0n) is 30.0. The molecule has 53 heavy (non-hydrogen) atoms. The van der Waals surface area contributed by atoms with Crippen LogP contribution in [0, 0.1) is 0 Å². The molecule has 0 unspecified atom stereocenters. The van der Waals surface area contributed by atoms with Gasteiger partial charge in [0, 0.05) is 34.3 Å². The van der Waals surface area contributed by atoms with Gasteiger partial charge in [-0.1, -0.05) is 103 Å². The van der Waals surface area contributed by atoms with Crippen molar-refractivity contribution in [2.75, 3.05) is 39.9 Å². The van der Waals surface area contributed by atoms with Crippen molar-refractivity contribution in [2.24, 2.45) is 0 Å². The molecule has 2 atom stereocenters. The number of nitrogens with zero attached hydrogens (tertiary/aromatic N) is 4. The number of benzene rings is 4. The minimum atomic E-state index is -3.57. The average Bonchev–Trinajstić information content (AvgIpc) is 3.64. The van der Waals surface area contributed by atoms with Crippen molar-refractivity contribution in [1.82, 2.24) is 19.5 Å². The number of carbonyl (C=O) groups is 1. The van der Waals surface area contributed by atoms with Gasteiger partial charge in [0.25, 0.3) is 0 Å². The van der Waals surface area contributed by atoms with Gasteiger partial charge in [0.15, 0.2) is 17.6 Å². The molecule has 4 aromatic carbocycles. The molecular weight excluding hydrogens is 693 g/mol. The third kappa shape index (κ3) is 8.16. The van der Waals surface area contributed by atoms with Gasteiger partial charge in [-0.25, -0.2) is 19.7 Å². The Kier molecular flexibility index (Phi) is 12.0. The quantitative estimate of drug-likeness (QED) is 0.0570. The topological polar surface area (TPSA) is 136 Å². The molecule has 0 bridgehead atoms. The lowest BCUT2D eigenvalue weighted by Crippen LogP contribution is -2.38. The van der Waals surface area contributed by atoms with E-state index in [9.17, 15) is 9.36 Å². The third-order valence-corrected chi connectivity index (χ3v) is 11.1. The highest BCUT2D eigenvalue weighted by Gasteiger charge is 2.38. The highest BCUT2D eigenvalue weighted by atomic mass is 31.2. The number of rotatable bonds is 17. The molecule has 0 saturated carbocycles. The average molecular weight is 736 g/mol. The molecule has 2 aromatic heterocycles. The monoisotopic (exact) mass is 735 g/mol. The maximum absolute atomic E-state index is 13.4. The van der Waals surface area contributed by atoms with E-state index in [2.05, 4.69) is 34.6 Å². The van der Waals surface area contributed by atoms with E-state index in [4.69, 9.17) is 33.2 Å². The van der Waals surface area contributed by atoms with Crippen LogP contribution < -0.4 is 10.1 Å². The number of methoxy groups -OCH3 is 2. The number of aromatic nitrogens is 4. The molecule has 0 amide bonds. The zero-order chi connectivity index (χ0) is 37.3. The Morgan fingerprint density at radius 3 is 1.92 bits per heavy atom. The summed E-state index contributed by atoms with van der Waals surface area (Å²) >= 11 is 0. The summed E-state index contributed by atoms with van der Waals surface area (Å²) in [5.74, 6) is 0.624. The molecule has 2 heterocycles. The molecule has 0 aliphatic rings. The number of anilines is 1. The lowest BCUT2D eigenvalue weighted by atomic mass is 9.77. The third-order valence-electron chi connectivity index (χ3n) is 9.15. The van der Waals surface area contributed by atoms with Gasteiger partial charge in [-0.2, -0.15) is 0 Å². The Labute approximate surface area is 308 Å². The first-order valence-corrected chi connectivity index (χ1v) is 18.7. The van der Waals surface area contributed by atoms with Gasteiger partial charge in [0.05, 0.1) is 19.6 Å². The van der Waals surface area contributed by atoms with Crippen LogP contribution in [0.3, 0.4) is 0 Å². The number of fused-ring (bicyclic) bond motifs is 1. The fourth-order valence-corrected chi connectivity index (χ4v) is 7.62. The van der Waals surface area contributed by atoms with Gasteiger partial charge < -0.3 is 33.1 Å². The van der Waals surface area contributed by atoms with Crippen molar-refractivity contribution in [3.05, 3.63) is 150 Å². The van der Waals surface area contributed by atoms with E-state index in [0.717, 1.165) is 22.4 Å². The second kappa shape index (κ2) is 17.0. The number of ether oxygens (including phenoxy) is 3. The van der Waals surface area contributed by atoms with Gasteiger partial charge in [0.1, 0.15) is 29.2 Å². The van der Waals surface area contributed by atoms with E-state index < -0.39 is 31.3 Å². The van der Waals surface area contributed by atoms with Crippen LogP contribution in [0.15, 0.2) is 128 Å². The van der Waals surface area contributed by atoms with Crippen molar-refractivity contribution < 1.29 is 32.6 Å². The molecule has 274 valence electrons. The van der Waals surface area contributed by atoms with Gasteiger partial charge in [0.2, 0.25) is 0 Å². The maximum Gasteiger partial charge on any atom is 0.340 e. The van der Waals surface area contributed by atoms with Gasteiger partial charge in [-0.05, 0) is 34.4 Å². The van der Waals surface area contributed by atoms with Crippen molar-refractivity contribution >= 4 is 30.5 Å². The Balaban J connectivity index is 1.34. The second-order valence-electron chi connectivity index (χ2n) is 12.2. The van der Waals surface area contributed by atoms with Gasteiger partial charge in [-0.3, -0.25) is 4.57 Å². The highest BCUT2D eigenvalue weighted by Crippen LogP contribution is 2.48. The van der Waals surface area contributed by atoms with Crippen molar-refractivity contribution in [1.29, 1.82) is 0 Å². The predicted molar refractivity (Wildman–Crippen MR) is 202 cm³/mol. The van der Waals surface area contributed by atoms with E-state index in [1.807, 2.05) is 83.4 Å². The van der Waals surface area contributed by atoms with Crippen molar-refractivity contribution in [2.45, 2.75) is 30.7 Å². The smallest absolute Gasteiger partial charge is 0.340 e. The minimum Gasteiger partial charge on any atom is -0.497 e. The Hall–Kier alpha value is -5.39. The summed E-state index contributed by atoms with van der Waals surface area (Å²) < 4.78 is 42.5. The molecule has 0 aliphatic heterocycles. The first kappa shape index (κ1) is 37.4. The van der Waals surface area contributed by atoms with Crippen LogP contribution in [0.5, 0.6) is 5.75 Å². The fraction of sp³-hybridized carbons (Fsp3) is 0.250. The Morgan fingerprint density at radius 2 is 1.36 bits per heavy atom. The zero-order valence-corrected chi connectivity index (χ0v) is 30.9. The summed E-state index contributed by atoms with van der Waals surface area (Å²) in [7, 11) is 2.11. The van der Waals surface area contributed by atoms with E-state index in [0.29, 0.717) is 29.1 Å². The number of imidazole rings is 1. The van der Waals surface area contributed by atoms with Crippen LogP contribution in [0.1, 0.15) is 34.8 Å². The first-order valence-electron chi connectivity index (χ1n) is 17.0. The normalized spacial score (nSPS) is 13.0. The molecular formula is C40H42N5O7P. The van der Waals surface area contributed by atoms with Crippen LogP contribution in [0.2, 0.25) is 0 Å². The van der Waals surface area contributed by atoms with E-state index >= 15 is 0 Å². The molecule has 0 fully saturated rings. The van der Waals surface area contributed by atoms with Crippen molar-refractivity contribution in [3.8, 4) is 5.75 Å². The molecule has 0 radical (unpaired) electrons. The Morgan fingerprint density at radius 1 is 0.774 bits per heavy atom. The lowest BCUT2D eigenvalue weighted by Gasteiger charge is -2.37. The molecule has 0 aliphatic carbocycles. The summed E-state index contributed by atoms with van der Waals surface area (Å²) in [5.41, 5.74) is 3.76. The van der Waals surface area contributed by atoms with Gasteiger partial charge in [-0.15, -0.1) is 0 Å². The van der Waals surface area contributed by atoms with Crippen molar-refractivity contribution in [3.63, 3.8) is 0 Å². The van der Waals surface area contributed by atoms with Crippen LogP contribution in [-0.2, 0) is 40.0 Å². The largest absolute Gasteiger partial charge is 0.497 e. The molecule has 0 spiro atoms. The first-order chi connectivity index (χ1) is 25.8. The molecule has 12 nitrogen and oxygen atoms in total. The van der Waals surface area contributed by atoms with E-state index in [-0.39, 0.29) is 12.6 Å². The Bertz CT molecular complexity index is 2090.